The molecule has 5 nitrogen and oxygen atoms in total. The first-order valence-corrected chi connectivity index (χ1v) is 6.95. The van der Waals surface area contributed by atoms with Crippen LogP contribution in [0.5, 0.6) is 5.75 Å². The normalized spacial score (nSPS) is 11.2. The van der Waals surface area contributed by atoms with Gasteiger partial charge in [0.15, 0.2) is 5.65 Å². The molecule has 5 heteroatoms. The molecule has 2 N–H and O–H groups in total. The summed E-state index contributed by atoms with van der Waals surface area (Å²) >= 11 is 0. The van der Waals surface area contributed by atoms with E-state index in [0.717, 1.165) is 28.4 Å². The minimum atomic E-state index is 0.273. The molecule has 0 spiro atoms. The van der Waals surface area contributed by atoms with Crippen LogP contribution < -0.4 is 10.5 Å². The Hall–Kier alpha value is -2.56. The lowest BCUT2D eigenvalue weighted by Crippen LogP contribution is -2.09. The molecule has 0 fully saturated rings. The fourth-order valence-electron chi connectivity index (χ4n) is 2.33. The summed E-state index contributed by atoms with van der Waals surface area (Å²) in [5.74, 6) is 1.65. The second-order valence-corrected chi connectivity index (χ2v) is 5.20. The molecule has 2 heterocycles. The van der Waals surface area contributed by atoms with Gasteiger partial charge in [0, 0.05) is 17.9 Å². The molecule has 2 aromatic heterocycles. The quantitative estimate of drug-likeness (QED) is 0.746. The smallest absolute Gasteiger partial charge is 0.160 e. The SMILES string of the molecule is CC(C)n1c(COc2ccc(N)cc2)nc2cccnc21. The van der Waals surface area contributed by atoms with Crippen LogP contribution in [0.15, 0.2) is 42.6 Å². The van der Waals surface area contributed by atoms with Gasteiger partial charge < -0.3 is 15.0 Å². The van der Waals surface area contributed by atoms with Gasteiger partial charge in [-0.1, -0.05) is 0 Å². The summed E-state index contributed by atoms with van der Waals surface area (Å²) in [5.41, 5.74) is 8.17. The van der Waals surface area contributed by atoms with Crippen LogP contribution in [0.4, 0.5) is 5.69 Å². The molecule has 21 heavy (non-hydrogen) atoms. The van der Waals surface area contributed by atoms with E-state index in [2.05, 4.69) is 28.4 Å². The molecule has 3 rings (SSSR count). The van der Waals surface area contributed by atoms with Crippen molar-refractivity contribution < 1.29 is 4.74 Å². The minimum absolute atomic E-state index is 0.273. The third-order valence-electron chi connectivity index (χ3n) is 3.29. The number of hydrogen-bond acceptors (Lipinski definition) is 4. The van der Waals surface area contributed by atoms with Crippen molar-refractivity contribution in [2.24, 2.45) is 0 Å². The molecule has 0 saturated heterocycles. The van der Waals surface area contributed by atoms with E-state index in [4.69, 9.17) is 10.5 Å². The average molecular weight is 282 g/mol. The molecule has 0 atom stereocenters. The topological polar surface area (TPSA) is 66.0 Å². The van der Waals surface area contributed by atoms with E-state index in [1.807, 2.05) is 36.4 Å². The van der Waals surface area contributed by atoms with Gasteiger partial charge in [0.1, 0.15) is 23.7 Å². The van der Waals surface area contributed by atoms with Crippen molar-refractivity contribution in [3.8, 4) is 5.75 Å². The number of benzene rings is 1. The van der Waals surface area contributed by atoms with Crippen LogP contribution >= 0.6 is 0 Å². The number of imidazole rings is 1. The van der Waals surface area contributed by atoms with Crippen LogP contribution in [0, 0.1) is 0 Å². The lowest BCUT2D eigenvalue weighted by Gasteiger charge is -2.13. The Balaban J connectivity index is 1.89. The van der Waals surface area contributed by atoms with E-state index in [9.17, 15) is 0 Å². The zero-order valence-electron chi connectivity index (χ0n) is 12.2. The number of aromatic nitrogens is 3. The maximum Gasteiger partial charge on any atom is 0.160 e. The Morgan fingerprint density at radius 1 is 1.19 bits per heavy atom. The average Bonchev–Trinajstić information content (AvgIpc) is 2.85. The van der Waals surface area contributed by atoms with Crippen molar-refractivity contribution in [3.05, 3.63) is 48.4 Å². The molecule has 0 amide bonds. The Bertz CT molecular complexity index is 747. The maximum atomic E-state index is 5.80. The van der Waals surface area contributed by atoms with Crippen LogP contribution in [-0.2, 0) is 6.61 Å². The van der Waals surface area contributed by atoms with Crippen LogP contribution in [0.2, 0.25) is 0 Å². The van der Waals surface area contributed by atoms with Gasteiger partial charge in [-0.25, -0.2) is 9.97 Å². The Morgan fingerprint density at radius 2 is 1.95 bits per heavy atom. The largest absolute Gasteiger partial charge is 0.486 e. The summed E-state index contributed by atoms with van der Waals surface area (Å²) in [7, 11) is 0. The minimum Gasteiger partial charge on any atom is -0.486 e. The van der Waals surface area contributed by atoms with Crippen LogP contribution in [0.1, 0.15) is 25.7 Å². The number of rotatable bonds is 4. The number of pyridine rings is 1. The number of ether oxygens (including phenoxy) is 1. The van der Waals surface area contributed by atoms with Crippen molar-refractivity contribution in [3.63, 3.8) is 0 Å². The van der Waals surface area contributed by atoms with Crippen LogP contribution in [0.3, 0.4) is 0 Å². The third kappa shape index (κ3) is 2.67. The summed E-state index contributed by atoms with van der Waals surface area (Å²) in [5, 5.41) is 0. The van der Waals surface area contributed by atoms with E-state index < -0.39 is 0 Å². The molecule has 0 aliphatic carbocycles. The summed E-state index contributed by atoms with van der Waals surface area (Å²) < 4.78 is 7.90. The number of hydrogen-bond donors (Lipinski definition) is 1. The first-order valence-electron chi connectivity index (χ1n) is 6.95. The van der Waals surface area contributed by atoms with Crippen LogP contribution in [0.25, 0.3) is 11.2 Å². The molecular formula is C16H18N4O. The fraction of sp³-hybridized carbons (Fsp3) is 0.250. The lowest BCUT2D eigenvalue weighted by molar-refractivity contribution is 0.287. The van der Waals surface area contributed by atoms with E-state index in [-0.39, 0.29) is 6.04 Å². The molecule has 108 valence electrons. The fourth-order valence-corrected chi connectivity index (χ4v) is 2.33. The van der Waals surface area contributed by atoms with Gasteiger partial charge in [-0.05, 0) is 50.2 Å². The molecule has 1 aromatic carbocycles. The first-order chi connectivity index (χ1) is 10.1. The first kappa shape index (κ1) is 13.4. The molecule has 0 bridgehead atoms. The van der Waals surface area contributed by atoms with E-state index >= 15 is 0 Å². The molecule has 0 aliphatic heterocycles. The molecule has 3 aromatic rings. The number of anilines is 1. The highest BCUT2D eigenvalue weighted by Crippen LogP contribution is 2.21. The number of nitrogen functional groups attached to an aromatic ring is 1. The van der Waals surface area contributed by atoms with Gasteiger partial charge >= 0.3 is 0 Å². The Morgan fingerprint density at radius 3 is 2.67 bits per heavy atom. The van der Waals surface area contributed by atoms with Crippen LogP contribution in [-0.4, -0.2) is 14.5 Å². The standard InChI is InChI=1S/C16H18N4O/c1-11(2)20-15(19-14-4-3-9-18-16(14)20)10-21-13-7-5-12(17)6-8-13/h3-9,11H,10,17H2,1-2H3. The molecule has 0 radical (unpaired) electrons. The van der Waals surface area contributed by atoms with Gasteiger partial charge in [-0.3, -0.25) is 0 Å². The highest BCUT2D eigenvalue weighted by molar-refractivity contribution is 5.71. The zero-order chi connectivity index (χ0) is 14.8. The van der Waals surface area contributed by atoms with Gasteiger partial charge in [0.2, 0.25) is 0 Å². The summed E-state index contributed by atoms with van der Waals surface area (Å²) in [6.45, 7) is 4.63. The van der Waals surface area contributed by atoms with Crippen molar-refractivity contribution in [2.75, 3.05) is 5.73 Å². The highest BCUT2D eigenvalue weighted by Gasteiger charge is 2.14. The predicted octanol–water partition coefficient (Wildman–Crippen LogP) is 3.17. The van der Waals surface area contributed by atoms with Crippen molar-refractivity contribution in [2.45, 2.75) is 26.5 Å². The Kier molecular flexibility index (Phi) is 3.48. The van der Waals surface area contributed by atoms with E-state index in [1.165, 1.54) is 0 Å². The molecule has 0 saturated carbocycles. The van der Waals surface area contributed by atoms with E-state index in [0.29, 0.717) is 6.61 Å². The van der Waals surface area contributed by atoms with Crippen molar-refractivity contribution in [1.82, 2.24) is 14.5 Å². The van der Waals surface area contributed by atoms with Gasteiger partial charge in [0.25, 0.3) is 0 Å². The number of nitrogens with two attached hydrogens (primary N) is 1. The van der Waals surface area contributed by atoms with Gasteiger partial charge in [-0.2, -0.15) is 0 Å². The van der Waals surface area contributed by atoms with E-state index in [1.54, 1.807) is 6.20 Å². The lowest BCUT2D eigenvalue weighted by atomic mass is 10.3. The Labute approximate surface area is 123 Å². The third-order valence-corrected chi connectivity index (χ3v) is 3.29. The van der Waals surface area contributed by atoms with Crippen molar-refractivity contribution >= 4 is 16.9 Å². The molecular weight excluding hydrogens is 264 g/mol. The van der Waals surface area contributed by atoms with Gasteiger partial charge in [0.05, 0.1) is 0 Å². The number of fused-ring (bicyclic) bond motifs is 1. The molecule has 0 unspecified atom stereocenters. The second-order valence-electron chi connectivity index (χ2n) is 5.20. The predicted molar refractivity (Wildman–Crippen MR) is 83.1 cm³/mol. The monoisotopic (exact) mass is 282 g/mol. The maximum absolute atomic E-state index is 5.80. The summed E-state index contributed by atoms with van der Waals surface area (Å²) in [6, 6.07) is 11.5. The summed E-state index contributed by atoms with van der Waals surface area (Å²) in [4.78, 5) is 9.04. The van der Waals surface area contributed by atoms with Crippen molar-refractivity contribution in [1.29, 1.82) is 0 Å². The second kappa shape index (κ2) is 5.44. The van der Waals surface area contributed by atoms with Gasteiger partial charge in [-0.15, -0.1) is 0 Å². The zero-order valence-corrected chi connectivity index (χ0v) is 12.2. The summed E-state index contributed by atoms with van der Waals surface area (Å²) in [6.07, 6.45) is 1.79. The highest BCUT2D eigenvalue weighted by atomic mass is 16.5. The number of nitrogens with zero attached hydrogens (tertiary/aromatic N) is 3. The molecule has 0 aliphatic rings.